The minimum absolute atomic E-state index is 0.0390. The first-order chi connectivity index (χ1) is 19.1. The fourth-order valence-electron chi connectivity index (χ4n) is 4.88. The summed E-state index contributed by atoms with van der Waals surface area (Å²) < 4.78 is 27.7. The van der Waals surface area contributed by atoms with Crippen LogP contribution in [0.5, 0.6) is 0 Å². The number of aliphatic hydroxyl groups excluding tert-OH is 1. The third-order valence-electron chi connectivity index (χ3n) is 7.14. The molecule has 3 atom stereocenters. The average molecular weight is 559 g/mol. The van der Waals surface area contributed by atoms with Crippen LogP contribution in [0.2, 0.25) is 0 Å². The molecule has 40 heavy (non-hydrogen) atoms. The van der Waals surface area contributed by atoms with Crippen molar-refractivity contribution < 1.29 is 28.3 Å². The molecule has 0 saturated carbocycles. The molecular weight excluding hydrogens is 518 g/mol. The van der Waals surface area contributed by atoms with Crippen LogP contribution in [-0.2, 0) is 33.8 Å². The number of halogens is 2. The van der Waals surface area contributed by atoms with Crippen molar-refractivity contribution in [3.8, 4) is 0 Å². The molecule has 1 saturated heterocycles. The lowest BCUT2D eigenvalue weighted by atomic mass is 10.0. The number of unbranched alkanes of at least 4 members (excludes halogenated alkanes) is 1. The summed E-state index contributed by atoms with van der Waals surface area (Å²) in [5.74, 6) is -2.65. The van der Waals surface area contributed by atoms with Gasteiger partial charge in [-0.25, -0.2) is 8.78 Å². The van der Waals surface area contributed by atoms with Gasteiger partial charge in [0, 0.05) is 25.7 Å². The van der Waals surface area contributed by atoms with E-state index in [9.17, 15) is 28.3 Å². The molecule has 2 aromatic carbocycles. The zero-order valence-corrected chi connectivity index (χ0v) is 23.5. The van der Waals surface area contributed by atoms with Crippen molar-refractivity contribution in [1.29, 1.82) is 0 Å². The number of nitrogens with zero attached hydrogens (tertiary/aromatic N) is 2. The number of aryl methyl sites for hydroxylation is 1. The van der Waals surface area contributed by atoms with Crippen LogP contribution in [0, 0.1) is 11.6 Å². The first-order valence-electron chi connectivity index (χ1n) is 13.9. The lowest BCUT2D eigenvalue weighted by molar-refractivity contribution is -0.156. The van der Waals surface area contributed by atoms with Crippen LogP contribution in [0.1, 0.15) is 50.3 Å². The molecule has 8 nitrogen and oxygen atoms in total. The van der Waals surface area contributed by atoms with E-state index in [1.165, 1.54) is 15.4 Å². The highest BCUT2D eigenvalue weighted by Crippen LogP contribution is 2.15. The van der Waals surface area contributed by atoms with Crippen LogP contribution in [0.4, 0.5) is 8.78 Å². The minimum Gasteiger partial charge on any atom is -0.390 e. The van der Waals surface area contributed by atoms with E-state index in [-0.39, 0.29) is 43.4 Å². The number of amides is 3. The van der Waals surface area contributed by atoms with Gasteiger partial charge in [0.25, 0.3) is 0 Å². The normalized spacial score (nSPS) is 17.2. The number of benzene rings is 2. The molecule has 1 aliphatic rings. The van der Waals surface area contributed by atoms with Crippen LogP contribution in [0.15, 0.2) is 42.5 Å². The molecule has 1 heterocycles. The van der Waals surface area contributed by atoms with Gasteiger partial charge in [0.1, 0.15) is 30.8 Å². The van der Waals surface area contributed by atoms with Gasteiger partial charge in [0.15, 0.2) is 0 Å². The zero-order valence-electron chi connectivity index (χ0n) is 23.5. The summed E-state index contributed by atoms with van der Waals surface area (Å²) in [6.07, 6.45) is 1.42. The third-order valence-corrected chi connectivity index (χ3v) is 7.14. The van der Waals surface area contributed by atoms with Crippen LogP contribution in [0.3, 0.4) is 0 Å². The van der Waals surface area contributed by atoms with Gasteiger partial charge < -0.3 is 25.5 Å². The van der Waals surface area contributed by atoms with Gasteiger partial charge in [-0.05, 0) is 55.0 Å². The molecular formula is C30H40F2N4O4. The van der Waals surface area contributed by atoms with Crippen molar-refractivity contribution >= 4 is 17.7 Å². The molecule has 0 aliphatic carbocycles. The van der Waals surface area contributed by atoms with Crippen molar-refractivity contribution in [2.24, 2.45) is 0 Å². The Morgan fingerprint density at radius 3 is 2.45 bits per heavy atom. The van der Waals surface area contributed by atoms with E-state index >= 15 is 0 Å². The largest absolute Gasteiger partial charge is 0.390 e. The van der Waals surface area contributed by atoms with E-state index in [0.717, 1.165) is 43.0 Å². The molecule has 3 amide bonds. The van der Waals surface area contributed by atoms with Crippen LogP contribution in [-0.4, -0.2) is 77.0 Å². The molecule has 2 aromatic rings. The van der Waals surface area contributed by atoms with Gasteiger partial charge in [-0.15, -0.1) is 0 Å². The molecule has 0 unspecified atom stereocenters. The Hall–Kier alpha value is -3.37. The van der Waals surface area contributed by atoms with Gasteiger partial charge in [0.05, 0.1) is 12.1 Å². The summed E-state index contributed by atoms with van der Waals surface area (Å²) in [5, 5.41) is 16.9. The van der Waals surface area contributed by atoms with Gasteiger partial charge in [0.2, 0.25) is 17.7 Å². The van der Waals surface area contributed by atoms with Crippen molar-refractivity contribution in [2.75, 3.05) is 26.2 Å². The molecule has 3 N–H and O–H groups in total. The molecule has 10 heteroatoms. The van der Waals surface area contributed by atoms with Crippen molar-refractivity contribution in [2.45, 2.75) is 71.2 Å². The molecule has 218 valence electrons. The average Bonchev–Trinajstić information content (AvgIpc) is 2.90. The van der Waals surface area contributed by atoms with E-state index in [1.807, 2.05) is 25.1 Å². The van der Waals surface area contributed by atoms with Gasteiger partial charge >= 0.3 is 0 Å². The van der Waals surface area contributed by atoms with Crippen molar-refractivity contribution in [3.05, 3.63) is 70.8 Å². The Kier molecular flexibility index (Phi) is 11.6. The topological polar surface area (TPSA) is 102 Å². The number of rotatable bonds is 14. The standard InChI is InChI=1S/C30H40F2N4O4/c1-4-6-10-36-20(3)30(40)35(19-29(36)39)18-28(38)34-26(14-23-12-24(31)15-25(32)13-23)27(37)17-33-16-22-9-7-8-21(5-2)11-22/h7-9,11-13,15,20,26-27,33,37H,4-6,10,14,16-19H2,1-3H3,(H,34,38)/t20-,26-,27+/m0/s1. The second-order valence-corrected chi connectivity index (χ2v) is 10.3. The summed E-state index contributed by atoms with van der Waals surface area (Å²) in [4.78, 5) is 41.3. The van der Waals surface area contributed by atoms with E-state index in [1.54, 1.807) is 6.92 Å². The summed E-state index contributed by atoms with van der Waals surface area (Å²) in [6, 6.07) is 9.50. The van der Waals surface area contributed by atoms with Gasteiger partial charge in [-0.2, -0.15) is 0 Å². The zero-order chi connectivity index (χ0) is 29.2. The van der Waals surface area contributed by atoms with Crippen LogP contribution < -0.4 is 10.6 Å². The Morgan fingerprint density at radius 2 is 1.77 bits per heavy atom. The van der Waals surface area contributed by atoms with Crippen LogP contribution >= 0.6 is 0 Å². The van der Waals surface area contributed by atoms with Gasteiger partial charge in [-0.1, -0.05) is 44.5 Å². The Labute approximate surface area is 234 Å². The van der Waals surface area contributed by atoms with Crippen molar-refractivity contribution in [1.82, 2.24) is 20.4 Å². The lowest BCUT2D eigenvalue weighted by Gasteiger charge is -2.38. The summed E-state index contributed by atoms with van der Waals surface area (Å²) in [5.41, 5.74) is 2.49. The van der Waals surface area contributed by atoms with Gasteiger partial charge in [-0.3, -0.25) is 14.4 Å². The first kappa shape index (κ1) is 31.2. The SMILES string of the molecule is CCCCN1C(=O)CN(CC(=O)N[C@@H](Cc2cc(F)cc(F)c2)[C@H](O)CNCc2cccc(CC)c2)C(=O)[C@@H]1C. The summed E-state index contributed by atoms with van der Waals surface area (Å²) in [6.45, 7) is 6.20. The number of nitrogens with one attached hydrogen (secondary N) is 2. The highest BCUT2D eigenvalue weighted by Gasteiger charge is 2.37. The number of carbonyl (C=O) groups excluding carboxylic acids is 3. The van der Waals surface area contributed by atoms with E-state index in [4.69, 9.17) is 0 Å². The van der Waals surface area contributed by atoms with E-state index in [2.05, 4.69) is 23.6 Å². The predicted molar refractivity (Wildman–Crippen MR) is 148 cm³/mol. The lowest BCUT2D eigenvalue weighted by Crippen LogP contribution is -2.61. The predicted octanol–water partition coefficient (Wildman–Crippen LogP) is 2.56. The molecule has 3 rings (SSSR count). The molecule has 0 radical (unpaired) electrons. The number of carbonyl (C=O) groups is 3. The fourth-order valence-corrected chi connectivity index (χ4v) is 4.88. The first-order valence-corrected chi connectivity index (χ1v) is 13.9. The highest BCUT2D eigenvalue weighted by atomic mass is 19.1. The molecule has 0 aromatic heterocycles. The monoisotopic (exact) mass is 558 g/mol. The number of hydrogen-bond acceptors (Lipinski definition) is 5. The smallest absolute Gasteiger partial charge is 0.246 e. The van der Waals surface area contributed by atoms with E-state index in [0.29, 0.717) is 13.1 Å². The Balaban J connectivity index is 1.66. The van der Waals surface area contributed by atoms with Crippen molar-refractivity contribution in [3.63, 3.8) is 0 Å². The number of aliphatic hydroxyl groups is 1. The number of hydrogen-bond donors (Lipinski definition) is 3. The maximum Gasteiger partial charge on any atom is 0.246 e. The molecule has 0 bridgehead atoms. The van der Waals surface area contributed by atoms with E-state index < -0.39 is 35.7 Å². The Bertz CT molecular complexity index is 1160. The molecule has 0 spiro atoms. The summed E-state index contributed by atoms with van der Waals surface area (Å²) >= 11 is 0. The third kappa shape index (κ3) is 8.82. The molecule has 1 fully saturated rings. The summed E-state index contributed by atoms with van der Waals surface area (Å²) in [7, 11) is 0. The second-order valence-electron chi connectivity index (χ2n) is 10.3. The maximum atomic E-state index is 13.8. The maximum absolute atomic E-state index is 13.8. The second kappa shape index (κ2) is 14.9. The fraction of sp³-hybridized carbons (Fsp3) is 0.500. The van der Waals surface area contributed by atoms with Crippen LogP contribution in [0.25, 0.3) is 0 Å². The minimum atomic E-state index is -1.10. The highest BCUT2D eigenvalue weighted by molar-refractivity contribution is 5.96. The Morgan fingerprint density at radius 1 is 1.07 bits per heavy atom. The molecule has 1 aliphatic heterocycles. The number of piperazine rings is 1. The quantitative estimate of drug-likeness (QED) is 0.331.